The topological polar surface area (TPSA) is 90.1 Å². The number of anilines is 2. The van der Waals surface area contributed by atoms with Crippen LogP contribution in [0.25, 0.3) is 0 Å². The van der Waals surface area contributed by atoms with Crippen LogP contribution < -0.4 is 21.1 Å². The molecular formula is C19H21ClF3N5O2. The molecule has 1 aromatic heterocycles. The number of nitrogens with zero attached hydrogens (tertiary/aromatic N) is 2. The van der Waals surface area contributed by atoms with Gasteiger partial charge in [0.05, 0.1) is 17.4 Å². The summed E-state index contributed by atoms with van der Waals surface area (Å²) in [7, 11) is 0. The van der Waals surface area contributed by atoms with Crippen LogP contribution in [0.4, 0.5) is 29.3 Å². The molecular weight excluding hydrogens is 423 g/mol. The fraction of sp³-hybridized carbons (Fsp3) is 0.421. The van der Waals surface area contributed by atoms with Gasteiger partial charge in [0.2, 0.25) is 0 Å². The zero-order valence-corrected chi connectivity index (χ0v) is 16.7. The van der Waals surface area contributed by atoms with Crippen LogP contribution >= 0.6 is 11.6 Å². The number of H-pyrrole nitrogens is 1. The molecule has 1 saturated heterocycles. The molecule has 3 N–H and O–H groups in total. The molecule has 162 valence electrons. The Morgan fingerprint density at radius 1 is 1.23 bits per heavy atom. The van der Waals surface area contributed by atoms with Crippen LogP contribution in [0.3, 0.4) is 0 Å². The second-order valence-electron chi connectivity index (χ2n) is 7.04. The number of urea groups is 1. The summed E-state index contributed by atoms with van der Waals surface area (Å²) in [5.41, 5.74) is -0.692. The number of nitrogens with one attached hydrogen (secondary N) is 3. The SMILES string of the molecule is O=C(Nc1cccc(C(F)(F)F)c1)NC1CCCCN(c2cn[nH]c(=O)c2Cl)CC1. The number of hydrogen-bond donors (Lipinski definition) is 3. The Balaban J connectivity index is 1.61. The minimum absolute atomic E-state index is 0.0659. The average Bonchev–Trinajstić information content (AvgIpc) is 2.66. The first-order valence-electron chi connectivity index (χ1n) is 9.47. The lowest BCUT2D eigenvalue weighted by molar-refractivity contribution is -0.137. The van der Waals surface area contributed by atoms with Gasteiger partial charge >= 0.3 is 12.2 Å². The third-order valence-corrected chi connectivity index (χ3v) is 5.24. The summed E-state index contributed by atoms with van der Waals surface area (Å²) in [6, 6.07) is 3.74. The van der Waals surface area contributed by atoms with Crippen molar-refractivity contribution in [2.75, 3.05) is 23.3 Å². The zero-order valence-electron chi connectivity index (χ0n) is 15.9. The van der Waals surface area contributed by atoms with E-state index in [0.29, 0.717) is 25.2 Å². The van der Waals surface area contributed by atoms with Crippen LogP contribution in [0, 0.1) is 0 Å². The molecule has 1 atom stereocenters. The number of halogens is 4. The van der Waals surface area contributed by atoms with Crippen molar-refractivity contribution in [2.24, 2.45) is 0 Å². The molecule has 0 saturated carbocycles. The number of benzene rings is 1. The summed E-state index contributed by atoms with van der Waals surface area (Å²) in [5, 5.41) is 11.4. The molecule has 0 spiro atoms. The lowest BCUT2D eigenvalue weighted by Crippen LogP contribution is -2.42. The number of carbonyl (C=O) groups excluding carboxylic acids is 1. The molecule has 0 bridgehead atoms. The van der Waals surface area contributed by atoms with E-state index < -0.39 is 23.3 Å². The van der Waals surface area contributed by atoms with Gasteiger partial charge in [0.1, 0.15) is 5.02 Å². The summed E-state index contributed by atoms with van der Waals surface area (Å²) in [5.74, 6) is 0. The number of rotatable bonds is 3. The molecule has 11 heteroatoms. The maximum Gasteiger partial charge on any atom is 0.416 e. The Hall–Kier alpha value is -2.75. The van der Waals surface area contributed by atoms with E-state index in [1.165, 1.54) is 18.3 Å². The number of aromatic amines is 1. The summed E-state index contributed by atoms with van der Waals surface area (Å²) < 4.78 is 38.5. The zero-order chi connectivity index (χ0) is 21.7. The van der Waals surface area contributed by atoms with Crippen LogP contribution in [-0.4, -0.2) is 35.4 Å². The third kappa shape index (κ3) is 5.65. The van der Waals surface area contributed by atoms with Gasteiger partial charge in [-0.2, -0.15) is 18.3 Å². The van der Waals surface area contributed by atoms with Crippen LogP contribution in [0.2, 0.25) is 5.02 Å². The summed E-state index contributed by atoms with van der Waals surface area (Å²) >= 11 is 6.09. The Morgan fingerprint density at radius 2 is 2.03 bits per heavy atom. The Morgan fingerprint density at radius 3 is 2.80 bits per heavy atom. The normalized spacial score (nSPS) is 17.7. The Kier molecular flexibility index (Phi) is 6.86. The fourth-order valence-electron chi connectivity index (χ4n) is 3.37. The highest BCUT2D eigenvalue weighted by Crippen LogP contribution is 2.30. The number of carbonyl (C=O) groups is 1. The first-order chi connectivity index (χ1) is 14.2. The van der Waals surface area contributed by atoms with Crippen molar-refractivity contribution in [1.82, 2.24) is 15.5 Å². The molecule has 2 heterocycles. The highest BCUT2D eigenvalue weighted by atomic mass is 35.5. The predicted molar refractivity (Wildman–Crippen MR) is 108 cm³/mol. The first-order valence-corrected chi connectivity index (χ1v) is 9.85. The van der Waals surface area contributed by atoms with E-state index in [-0.39, 0.29) is 16.8 Å². The molecule has 3 rings (SSSR count). The lowest BCUT2D eigenvalue weighted by Gasteiger charge is -2.30. The van der Waals surface area contributed by atoms with Crippen molar-refractivity contribution in [3.63, 3.8) is 0 Å². The predicted octanol–water partition coefficient (Wildman–Crippen LogP) is 4.01. The van der Waals surface area contributed by atoms with E-state index in [4.69, 9.17) is 11.6 Å². The molecule has 1 aliphatic rings. The van der Waals surface area contributed by atoms with E-state index in [1.807, 2.05) is 4.90 Å². The second kappa shape index (κ2) is 9.38. The van der Waals surface area contributed by atoms with Gasteiger partial charge in [0.15, 0.2) is 0 Å². The van der Waals surface area contributed by atoms with Crippen LogP contribution in [0.15, 0.2) is 35.3 Å². The van der Waals surface area contributed by atoms with Gasteiger partial charge in [0.25, 0.3) is 5.56 Å². The minimum atomic E-state index is -4.48. The van der Waals surface area contributed by atoms with Crippen molar-refractivity contribution in [3.05, 3.63) is 51.4 Å². The number of hydrogen-bond acceptors (Lipinski definition) is 4. The van der Waals surface area contributed by atoms with E-state index in [9.17, 15) is 22.8 Å². The number of alkyl halides is 3. The van der Waals surface area contributed by atoms with Crippen molar-refractivity contribution < 1.29 is 18.0 Å². The minimum Gasteiger partial charge on any atom is -0.369 e. The van der Waals surface area contributed by atoms with Gasteiger partial charge in [-0.1, -0.05) is 17.7 Å². The van der Waals surface area contributed by atoms with Gasteiger partial charge in [-0.05, 0) is 43.9 Å². The van der Waals surface area contributed by atoms with E-state index >= 15 is 0 Å². The average molecular weight is 444 g/mol. The van der Waals surface area contributed by atoms with E-state index in [1.54, 1.807) is 0 Å². The van der Waals surface area contributed by atoms with E-state index in [2.05, 4.69) is 20.8 Å². The molecule has 0 radical (unpaired) electrons. The first kappa shape index (κ1) is 21.9. The number of amides is 2. The summed E-state index contributed by atoms with van der Waals surface area (Å²) in [6.07, 6.45) is 0.000704. The molecule has 30 heavy (non-hydrogen) atoms. The smallest absolute Gasteiger partial charge is 0.369 e. The van der Waals surface area contributed by atoms with Crippen molar-refractivity contribution in [1.29, 1.82) is 0 Å². The van der Waals surface area contributed by atoms with Crippen LogP contribution in [0.5, 0.6) is 0 Å². The largest absolute Gasteiger partial charge is 0.416 e. The van der Waals surface area contributed by atoms with Gasteiger partial charge in [-0.25, -0.2) is 9.89 Å². The molecule has 2 aromatic rings. The molecule has 1 unspecified atom stereocenters. The molecule has 1 aliphatic heterocycles. The molecule has 2 amide bonds. The summed E-state index contributed by atoms with van der Waals surface area (Å²) in [6.45, 7) is 1.24. The monoisotopic (exact) mass is 443 g/mol. The van der Waals surface area contributed by atoms with Crippen molar-refractivity contribution in [2.45, 2.75) is 37.9 Å². The van der Waals surface area contributed by atoms with E-state index in [0.717, 1.165) is 31.4 Å². The third-order valence-electron chi connectivity index (χ3n) is 4.88. The van der Waals surface area contributed by atoms with Crippen molar-refractivity contribution >= 4 is 29.0 Å². The molecule has 1 aromatic carbocycles. The second-order valence-corrected chi connectivity index (χ2v) is 7.42. The highest BCUT2D eigenvalue weighted by molar-refractivity contribution is 6.32. The maximum atomic E-state index is 12.8. The van der Waals surface area contributed by atoms with Crippen molar-refractivity contribution in [3.8, 4) is 0 Å². The fourth-order valence-corrected chi connectivity index (χ4v) is 3.58. The summed E-state index contributed by atoms with van der Waals surface area (Å²) in [4.78, 5) is 25.9. The molecule has 1 fully saturated rings. The van der Waals surface area contributed by atoms with Gasteiger partial charge < -0.3 is 15.5 Å². The quantitative estimate of drug-likeness (QED) is 0.668. The maximum absolute atomic E-state index is 12.8. The Labute approximate surface area is 175 Å². The molecule has 0 aliphatic carbocycles. The van der Waals surface area contributed by atoms with Crippen LogP contribution in [0.1, 0.15) is 31.2 Å². The van der Waals surface area contributed by atoms with Gasteiger partial charge in [-0.15, -0.1) is 0 Å². The lowest BCUT2D eigenvalue weighted by atomic mass is 10.0. The van der Waals surface area contributed by atoms with Gasteiger partial charge in [-0.3, -0.25) is 4.79 Å². The highest BCUT2D eigenvalue weighted by Gasteiger charge is 2.30. The van der Waals surface area contributed by atoms with Crippen LogP contribution in [-0.2, 0) is 6.18 Å². The Bertz CT molecular complexity index is 950. The molecule has 7 nitrogen and oxygen atoms in total. The number of aromatic nitrogens is 2. The standard InChI is InChI=1S/C19H21ClF3N5O2/c20-16-15(11-24-27-17(16)29)28-8-2-1-5-13(7-9-28)25-18(30)26-14-6-3-4-12(10-14)19(21,22)23/h3-4,6,10-11,13H,1-2,5,7-9H2,(H,27,29)(H2,25,26,30). The van der Waals surface area contributed by atoms with Gasteiger partial charge in [0, 0.05) is 24.8 Å².